The standard InChI is InChI=1S/C17H23N5O2/c23-15-7-11-21(12-8-15)10-4-9-18-17(24)16-19-13-22(20-16)14-5-2-1-3-6-14/h1-3,5-6,13,15,23H,4,7-12H2,(H,18,24). The van der Waals surface area contributed by atoms with E-state index in [1.807, 2.05) is 30.3 Å². The molecular weight excluding hydrogens is 306 g/mol. The molecule has 0 unspecified atom stereocenters. The summed E-state index contributed by atoms with van der Waals surface area (Å²) in [6.07, 6.45) is 3.96. The molecule has 2 N–H and O–H groups in total. The van der Waals surface area contributed by atoms with Gasteiger partial charge in [0.1, 0.15) is 6.33 Å². The lowest BCUT2D eigenvalue weighted by molar-refractivity contribution is 0.0816. The molecule has 0 saturated carbocycles. The molecule has 1 saturated heterocycles. The van der Waals surface area contributed by atoms with Gasteiger partial charge >= 0.3 is 0 Å². The summed E-state index contributed by atoms with van der Waals surface area (Å²) in [4.78, 5) is 18.5. The van der Waals surface area contributed by atoms with Crippen LogP contribution in [0, 0.1) is 0 Å². The molecule has 1 aliphatic rings. The fourth-order valence-corrected chi connectivity index (χ4v) is 2.80. The first-order chi connectivity index (χ1) is 11.7. The first-order valence-electron chi connectivity index (χ1n) is 8.38. The van der Waals surface area contributed by atoms with Crippen LogP contribution in [0.3, 0.4) is 0 Å². The summed E-state index contributed by atoms with van der Waals surface area (Å²) >= 11 is 0. The highest BCUT2D eigenvalue weighted by molar-refractivity contribution is 5.90. The fourth-order valence-electron chi connectivity index (χ4n) is 2.80. The normalized spacial score (nSPS) is 16.2. The van der Waals surface area contributed by atoms with Gasteiger partial charge in [0.05, 0.1) is 11.8 Å². The summed E-state index contributed by atoms with van der Waals surface area (Å²) in [6, 6.07) is 9.57. The predicted octanol–water partition coefficient (Wildman–Crippen LogP) is 0.844. The van der Waals surface area contributed by atoms with Crippen molar-refractivity contribution in [2.45, 2.75) is 25.4 Å². The van der Waals surface area contributed by atoms with E-state index in [1.165, 1.54) is 0 Å². The van der Waals surface area contributed by atoms with Crippen molar-refractivity contribution in [2.24, 2.45) is 0 Å². The first-order valence-corrected chi connectivity index (χ1v) is 8.38. The number of carbonyl (C=O) groups is 1. The number of rotatable bonds is 6. The molecule has 7 nitrogen and oxygen atoms in total. The maximum Gasteiger partial charge on any atom is 0.290 e. The van der Waals surface area contributed by atoms with E-state index in [2.05, 4.69) is 20.3 Å². The molecule has 7 heteroatoms. The summed E-state index contributed by atoms with van der Waals surface area (Å²) in [7, 11) is 0. The number of para-hydroxylation sites is 1. The molecule has 2 aromatic rings. The third-order valence-corrected chi connectivity index (χ3v) is 4.21. The maximum atomic E-state index is 12.1. The van der Waals surface area contributed by atoms with E-state index in [1.54, 1.807) is 11.0 Å². The number of benzene rings is 1. The van der Waals surface area contributed by atoms with Crippen LogP contribution in [-0.4, -0.2) is 63.0 Å². The van der Waals surface area contributed by atoms with Crippen LogP contribution in [0.25, 0.3) is 5.69 Å². The van der Waals surface area contributed by atoms with Crippen LogP contribution >= 0.6 is 0 Å². The van der Waals surface area contributed by atoms with Crippen molar-refractivity contribution in [3.63, 3.8) is 0 Å². The first kappa shape index (κ1) is 16.6. The van der Waals surface area contributed by atoms with Gasteiger partial charge < -0.3 is 15.3 Å². The number of hydrogen-bond acceptors (Lipinski definition) is 5. The monoisotopic (exact) mass is 329 g/mol. The van der Waals surface area contributed by atoms with Crippen LogP contribution in [0.2, 0.25) is 0 Å². The molecule has 0 spiro atoms. The Kier molecular flexibility index (Phi) is 5.55. The van der Waals surface area contributed by atoms with E-state index in [9.17, 15) is 9.90 Å². The van der Waals surface area contributed by atoms with Crippen molar-refractivity contribution in [3.05, 3.63) is 42.5 Å². The Morgan fingerprint density at radius 2 is 2.00 bits per heavy atom. The Labute approximate surface area is 141 Å². The number of amides is 1. The highest BCUT2D eigenvalue weighted by Gasteiger charge is 2.16. The number of carbonyl (C=O) groups excluding carboxylic acids is 1. The van der Waals surface area contributed by atoms with Gasteiger partial charge in [0.25, 0.3) is 5.91 Å². The number of likely N-dealkylation sites (tertiary alicyclic amines) is 1. The highest BCUT2D eigenvalue weighted by Crippen LogP contribution is 2.09. The lowest BCUT2D eigenvalue weighted by Gasteiger charge is -2.29. The van der Waals surface area contributed by atoms with Gasteiger partial charge in [-0.15, -0.1) is 5.10 Å². The van der Waals surface area contributed by atoms with Gasteiger partial charge in [-0.05, 0) is 37.9 Å². The molecule has 0 aliphatic carbocycles. The van der Waals surface area contributed by atoms with E-state index in [-0.39, 0.29) is 17.8 Å². The van der Waals surface area contributed by atoms with E-state index >= 15 is 0 Å². The van der Waals surface area contributed by atoms with Gasteiger partial charge in [-0.1, -0.05) is 18.2 Å². The molecule has 1 aliphatic heterocycles. The summed E-state index contributed by atoms with van der Waals surface area (Å²) in [5.41, 5.74) is 0.872. The number of nitrogens with zero attached hydrogens (tertiary/aromatic N) is 4. The van der Waals surface area contributed by atoms with Crippen LogP contribution in [-0.2, 0) is 0 Å². The number of aliphatic hydroxyl groups excluding tert-OH is 1. The molecular formula is C17H23N5O2. The molecule has 0 radical (unpaired) electrons. The summed E-state index contributed by atoms with van der Waals surface area (Å²) in [5, 5.41) is 16.6. The Hall–Kier alpha value is -2.25. The smallest absolute Gasteiger partial charge is 0.290 e. The van der Waals surface area contributed by atoms with Crippen LogP contribution in [0.4, 0.5) is 0 Å². The van der Waals surface area contributed by atoms with Crippen LogP contribution in [0.5, 0.6) is 0 Å². The zero-order valence-electron chi connectivity index (χ0n) is 13.6. The van der Waals surface area contributed by atoms with Crippen molar-refractivity contribution >= 4 is 5.91 Å². The molecule has 0 bridgehead atoms. The second-order valence-corrected chi connectivity index (χ2v) is 6.03. The molecule has 128 valence electrons. The zero-order chi connectivity index (χ0) is 16.8. The van der Waals surface area contributed by atoms with Crippen molar-refractivity contribution in [1.29, 1.82) is 0 Å². The maximum absolute atomic E-state index is 12.1. The van der Waals surface area contributed by atoms with Crippen molar-refractivity contribution in [2.75, 3.05) is 26.2 Å². The molecule has 1 aromatic carbocycles. The Morgan fingerprint density at radius 3 is 2.75 bits per heavy atom. The summed E-state index contributed by atoms with van der Waals surface area (Å²) in [5.74, 6) is -0.0707. The fraction of sp³-hybridized carbons (Fsp3) is 0.471. The topological polar surface area (TPSA) is 83.3 Å². The Morgan fingerprint density at radius 1 is 1.25 bits per heavy atom. The third-order valence-electron chi connectivity index (χ3n) is 4.21. The quantitative estimate of drug-likeness (QED) is 0.768. The minimum atomic E-state index is -0.251. The second-order valence-electron chi connectivity index (χ2n) is 6.03. The molecule has 2 heterocycles. The van der Waals surface area contributed by atoms with Crippen molar-refractivity contribution in [1.82, 2.24) is 25.0 Å². The largest absolute Gasteiger partial charge is 0.393 e. The van der Waals surface area contributed by atoms with Crippen molar-refractivity contribution < 1.29 is 9.90 Å². The van der Waals surface area contributed by atoms with Crippen LogP contribution in [0.15, 0.2) is 36.7 Å². The Balaban J connectivity index is 1.42. The highest BCUT2D eigenvalue weighted by atomic mass is 16.3. The number of aliphatic hydroxyl groups is 1. The average Bonchev–Trinajstić information content (AvgIpc) is 3.11. The second kappa shape index (κ2) is 8.03. The molecule has 0 atom stereocenters. The van der Waals surface area contributed by atoms with E-state index in [4.69, 9.17) is 0 Å². The Bertz CT molecular complexity index is 650. The van der Waals surface area contributed by atoms with E-state index < -0.39 is 0 Å². The van der Waals surface area contributed by atoms with Crippen LogP contribution < -0.4 is 5.32 Å². The lowest BCUT2D eigenvalue weighted by Crippen LogP contribution is -2.37. The summed E-state index contributed by atoms with van der Waals surface area (Å²) < 4.78 is 1.59. The zero-order valence-corrected chi connectivity index (χ0v) is 13.6. The molecule has 3 rings (SSSR count). The van der Waals surface area contributed by atoms with Gasteiger partial charge in [0, 0.05) is 19.6 Å². The third kappa shape index (κ3) is 4.39. The summed E-state index contributed by atoms with van der Waals surface area (Å²) in [6.45, 7) is 3.38. The average molecular weight is 329 g/mol. The molecule has 1 amide bonds. The number of hydrogen-bond donors (Lipinski definition) is 2. The van der Waals surface area contributed by atoms with Crippen LogP contribution in [0.1, 0.15) is 29.9 Å². The van der Waals surface area contributed by atoms with Gasteiger partial charge in [-0.2, -0.15) is 0 Å². The minimum Gasteiger partial charge on any atom is -0.393 e. The van der Waals surface area contributed by atoms with Gasteiger partial charge in [-0.3, -0.25) is 4.79 Å². The predicted molar refractivity (Wildman–Crippen MR) is 90.0 cm³/mol. The van der Waals surface area contributed by atoms with Gasteiger partial charge in [0.2, 0.25) is 5.82 Å². The van der Waals surface area contributed by atoms with Crippen molar-refractivity contribution in [3.8, 4) is 5.69 Å². The van der Waals surface area contributed by atoms with E-state index in [0.717, 1.165) is 44.6 Å². The SMILES string of the molecule is O=C(NCCCN1CCC(O)CC1)c1ncn(-c2ccccc2)n1. The number of aromatic nitrogens is 3. The number of nitrogens with one attached hydrogen (secondary N) is 1. The lowest BCUT2D eigenvalue weighted by atomic mass is 10.1. The molecule has 1 aromatic heterocycles. The van der Waals surface area contributed by atoms with Gasteiger partial charge in [-0.25, -0.2) is 9.67 Å². The number of piperidine rings is 1. The molecule has 1 fully saturated rings. The minimum absolute atomic E-state index is 0.147. The van der Waals surface area contributed by atoms with Gasteiger partial charge in [0.15, 0.2) is 0 Å². The van der Waals surface area contributed by atoms with E-state index in [0.29, 0.717) is 6.54 Å². The molecule has 24 heavy (non-hydrogen) atoms.